The van der Waals surface area contributed by atoms with Crippen LogP contribution in [-0.4, -0.2) is 11.1 Å². The number of rotatable bonds is 4. The van der Waals surface area contributed by atoms with Gasteiger partial charge in [-0.25, -0.2) is 9.18 Å². The highest BCUT2D eigenvalue weighted by Crippen LogP contribution is 2.18. The van der Waals surface area contributed by atoms with Gasteiger partial charge in [-0.15, -0.1) is 0 Å². The van der Waals surface area contributed by atoms with E-state index in [9.17, 15) is 9.18 Å². The van der Waals surface area contributed by atoms with E-state index in [0.29, 0.717) is 17.1 Å². The molecule has 0 spiro atoms. The summed E-state index contributed by atoms with van der Waals surface area (Å²) in [7, 11) is 0. The van der Waals surface area contributed by atoms with Gasteiger partial charge < -0.3 is 14.3 Å². The molecule has 0 atom stereocenters. The van der Waals surface area contributed by atoms with E-state index in [0.717, 1.165) is 6.26 Å². The van der Waals surface area contributed by atoms with Crippen LogP contribution in [0.4, 0.5) is 4.39 Å². The molecular weight excluding hydrogens is 239 g/mol. The molecule has 0 saturated heterocycles. The normalized spacial score (nSPS) is 10.3. The van der Waals surface area contributed by atoms with Crippen molar-refractivity contribution >= 4 is 5.97 Å². The molecule has 0 fully saturated rings. The SMILES string of the molecule is Cc1ccc(OCc2cc(C(=O)O)co2)cc1F. The van der Waals surface area contributed by atoms with E-state index in [4.69, 9.17) is 14.3 Å². The van der Waals surface area contributed by atoms with Gasteiger partial charge in [0.05, 0.1) is 5.56 Å². The minimum absolute atomic E-state index is 0.0514. The molecule has 2 rings (SSSR count). The Morgan fingerprint density at radius 3 is 2.83 bits per heavy atom. The van der Waals surface area contributed by atoms with Crippen LogP contribution in [0.15, 0.2) is 34.9 Å². The van der Waals surface area contributed by atoms with Crippen molar-refractivity contribution in [3.05, 3.63) is 53.2 Å². The summed E-state index contributed by atoms with van der Waals surface area (Å²) in [5, 5.41) is 8.70. The molecule has 0 amide bonds. The Morgan fingerprint density at radius 1 is 1.44 bits per heavy atom. The zero-order valence-electron chi connectivity index (χ0n) is 9.64. The van der Waals surface area contributed by atoms with Crippen LogP contribution in [0.2, 0.25) is 0 Å². The van der Waals surface area contributed by atoms with Crippen LogP contribution in [-0.2, 0) is 6.61 Å². The largest absolute Gasteiger partial charge is 0.486 e. The molecule has 1 heterocycles. The van der Waals surface area contributed by atoms with Crippen LogP contribution < -0.4 is 4.74 Å². The second-order valence-corrected chi connectivity index (χ2v) is 3.81. The van der Waals surface area contributed by atoms with Gasteiger partial charge in [-0.2, -0.15) is 0 Å². The Bertz CT molecular complexity index is 574. The lowest BCUT2D eigenvalue weighted by Crippen LogP contribution is -1.96. The minimum Gasteiger partial charge on any atom is -0.486 e. The fraction of sp³-hybridized carbons (Fsp3) is 0.154. The molecule has 0 aliphatic carbocycles. The minimum atomic E-state index is -1.06. The van der Waals surface area contributed by atoms with E-state index in [-0.39, 0.29) is 18.0 Å². The Kier molecular flexibility index (Phi) is 3.32. The van der Waals surface area contributed by atoms with Gasteiger partial charge in [-0.3, -0.25) is 0 Å². The van der Waals surface area contributed by atoms with Crippen molar-refractivity contribution in [2.75, 3.05) is 0 Å². The van der Waals surface area contributed by atoms with Crippen LogP contribution in [0.3, 0.4) is 0 Å². The standard InChI is InChI=1S/C13H11FO4/c1-8-2-3-10(5-12(8)14)18-7-11-4-9(6-17-11)13(15)16/h2-6H,7H2,1H3,(H,15,16). The molecule has 18 heavy (non-hydrogen) atoms. The lowest BCUT2D eigenvalue weighted by molar-refractivity contribution is 0.0696. The van der Waals surface area contributed by atoms with E-state index in [1.807, 2.05) is 0 Å². The second kappa shape index (κ2) is 4.91. The molecule has 94 valence electrons. The molecule has 1 aromatic heterocycles. The third-order valence-electron chi connectivity index (χ3n) is 2.43. The van der Waals surface area contributed by atoms with Gasteiger partial charge in [0.15, 0.2) is 0 Å². The summed E-state index contributed by atoms with van der Waals surface area (Å²) in [5.41, 5.74) is 0.595. The van der Waals surface area contributed by atoms with E-state index in [2.05, 4.69) is 0 Å². The first-order chi connectivity index (χ1) is 8.56. The van der Waals surface area contributed by atoms with Gasteiger partial charge in [-0.05, 0) is 24.6 Å². The highest BCUT2D eigenvalue weighted by Gasteiger charge is 2.09. The summed E-state index contributed by atoms with van der Waals surface area (Å²) in [4.78, 5) is 10.6. The predicted molar refractivity (Wildman–Crippen MR) is 61.1 cm³/mol. The molecule has 0 saturated carbocycles. The van der Waals surface area contributed by atoms with Crippen molar-refractivity contribution in [2.24, 2.45) is 0 Å². The lowest BCUT2D eigenvalue weighted by Gasteiger charge is -2.04. The van der Waals surface area contributed by atoms with Crippen molar-refractivity contribution in [1.82, 2.24) is 0 Å². The van der Waals surface area contributed by atoms with Gasteiger partial charge in [0.1, 0.15) is 30.2 Å². The summed E-state index contributed by atoms with van der Waals surface area (Å²) < 4.78 is 23.5. The topological polar surface area (TPSA) is 59.7 Å². The highest BCUT2D eigenvalue weighted by molar-refractivity contribution is 5.87. The molecule has 0 unspecified atom stereocenters. The fourth-order valence-electron chi connectivity index (χ4n) is 1.39. The Labute approximate surface area is 103 Å². The summed E-state index contributed by atoms with van der Waals surface area (Å²) in [5.74, 6) is -0.677. The first-order valence-corrected chi connectivity index (χ1v) is 5.26. The number of furan rings is 1. The predicted octanol–water partition coefficient (Wildman–Crippen LogP) is 3.00. The lowest BCUT2D eigenvalue weighted by atomic mass is 10.2. The number of hydrogen-bond donors (Lipinski definition) is 1. The van der Waals surface area contributed by atoms with Crippen LogP contribution in [0.25, 0.3) is 0 Å². The molecule has 0 aliphatic heterocycles. The summed E-state index contributed by atoms with van der Waals surface area (Å²) in [6.45, 7) is 1.71. The van der Waals surface area contributed by atoms with E-state index in [1.165, 1.54) is 12.1 Å². The Morgan fingerprint density at radius 2 is 2.22 bits per heavy atom. The Balaban J connectivity index is 2.02. The highest BCUT2D eigenvalue weighted by atomic mass is 19.1. The number of ether oxygens (including phenoxy) is 1. The molecule has 0 radical (unpaired) electrons. The number of aromatic carboxylic acids is 1. The van der Waals surface area contributed by atoms with Crippen LogP contribution in [0.1, 0.15) is 21.7 Å². The molecule has 1 N–H and O–H groups in total. The van der Waals surface area contributed by atoms with Gasteiger partial charge in [0.25, 0.3) is 0 Å². The number of halogens is 1. The summed E-state index contributed by atoms with van der Waals surface area (Å²) in [6, 6.07) is 5.89. The van der Waals surface area contributed by atoms with Gasteiger partial charge in [-0.1, -0.05) is 6.07 Å². The van der Waals surface area contributed by atoms with E-state index < -0.39 is 5.97 Å². The molecule has 5 heteroatoms. The number of benzene rings is 1. The third kappa shape index (κ3) is 2.68. The van der Waals surface area contributed by atoms with Gasteiger partial charge in [0.2, 0.25) is 0 Å². The Hall–Kier alpha value is -2.30. The van der Waals surface area contributed by atoms with Gasteiger partial charge >= 0.3 is 5.97 Å². The second-order valence-electron chi connectivity index (χ2n) is 3.81. The van der Waals surface area contributed by atoms with Crippen LogP contribution in [0.5, 0.6) is 5.75 Å². The maximum Gasteiger partial charge on any atom is 0.338 e. The maximum atomic E-state index is 13.2. The number of carboxylic acid groups (broad SMARTS) is 1. The van der Waals surface area contributed by atoms with Crippen molar-refractivity contribution in [3.63, 3.8) is 0 Å². The summed E-state index contributed by atoms with van der Waals surface area (Å²) >= 11 is 0. The molecule has 1 aromatic carbocycles. The first-order valence-electron chi connectivity index (χ1n) is 5.26. The number of aryl methyl sites for hydroxylation is 1. The fourth-order valence-corrected chi connectivity index (χ4v) is 1.39. The average molecular weight is 250 g/mol. The summed E-state index contributed by atoms with van der Waals surface area (Å²) in [6.07, 6.45) is 1.14. The van der Waals surface area contributed by atoms with Crippen molar-refractivity contribution in [3.8, 4) is 5.75 Å². The monoisotopic (exact) mass is 250 g/mol. The van der Waals surface area contributed by atoms with Gasteiger partial charge in [0, 0.05) is 6.07 Å². The number of carbonyl (C=O) groups is 1. The molecular formula is C13H11FO4. The molecule has 0 aliphatic rings. The zero-order valence-corrected chi connectivity index (χ0v) is 9.64. The molecule has 0 bridgehead atoms. The number of carboxylic acids is 1. The molecule has 4 nitrogen and oxygen atoms in total. The molecule has 2 aromatic rings. The zero-order chi connectivity index (χ0) is 13.1. The van der Waals surface area contributed by atoms with Crippen molar-refractivity contribution < 1.29 is 23.4 Å². The first kappa shape index (κ1) is 12.2. The van der Waals surface area contributed by atoms with Crippen LogP contribution >= 0.6 is 0 Å². The smallest absolute Gasteiger partial charge is 0.338 e. The van der Waals surface area contributed by atoms with Crippen molar-refractivity contribution in [1.29, 1.82) is 0 Å². The van der Waals surface area contributed by atoms with Crippen molar-refractivity contribution in [2.45, 2.75) is 13.5 Å². The maximum absolute atomic E-state index is 13.2. The van der Waals surface area contributed by atoms with E-state index in [1.54, 1.807) is 19.1 Å². The average Bonchev–Trinajstić information content (AvgIpc) is 2.79. The van der Waals surface area contributed by atoms with E-state index >= 15 is 0 Å². The quantitative estimate of drug-likeness (QED) is 0.906. The van der Waals surface area contributed by atoms with Crippen LogP contribution in [0, 0.1) is 12.7 Å². The third-order valence-corrected chi connectivity index (χ3v) is 2.43. The number of hydrogen-bond acceptors (Lipinski definition) is 3.